The molecule has 1 unspecified atom stereocenters. The van der Waals surface area contributed by atoms with Gasteiger partial charge in [0, 0.05) is 50.2 Å². The fourth-order valence-electron chi connectivity index (χ4n) is 5.16. The number of carbonyl (C=O) groups is 1. The number of hydrazone groups is 1. The van der Waals surface area contributed by atoms with Crippen molar-refractivity contribution >= 4 is 34.0 Å². The standard InChI is InChI=1S/C28H32FN5O4/c1-17(30-31-19-7-5-4-6-8-19)14-32-11-12-33(15-18(32)2)25-23(29)13-21-24(27(25)38-3)34(20-9-10-20)16-22(26(21)35)28(36)37/h4-8,13,16,18,20,31H,9-12,14-15H2,1-3H3,(H,36,37)/b30-17+. The molecule has 10 heteroatoms. The number of anilines is 2. The molecule has 2 aliphatic rings. The SMILES string of the molecule is COc1c(N2CCN(C/C(C)=N/Nc3ccccc3)C(C)C2)c(F)cc2c(=O)c(C(=O)O)cn(C3CC3)c12. The topological polar surface area (TPSA) is 99.4 Å². The summed E-state index contributed by atoms with van der Waals surface area (Å²) in [5, 5.41) is 14.1. The minimum atomic E-state index is -1.32. The molecule has 3 aromatic rings. The number of carboxylic acid groups (broad SMARTS) is 1. The molecule has 2 N–H and O–H groups in total. The smallest absolute Gasteiger partial charge is 0.341 e. The summed E-state index contributed by atoms with van der Waals surface area (Å²) in [5.41, 5.74) is 4.63. The second-order valence-corrected chi connectivity index (χ2v) is 10.0. The lowest BCUT2D eigenvalue weighted by Gasteiger charge is -2.41. The summed E-state index contributed by atoms with van der Waals surface area (Å²) in [6.07, 6.45) is 3.10. The van der Waals surface area contributed by atoms with Gasteiger partial charge in [-0.05, 0) is 44.9 Å². The number of piperazine rings is 1. The van der Waals surface area contributed by atoms with Gasteiger partial charge in [-0.25, -0.2) is 9.18 Å². The molecule has 2 aromatic carbocycles. The molecule has 1 aromatic heterocycles. The normalized spacial score (nSPS) is 18.6. The van der Waals surface area contributed by atoms with E-state index < -0.39 is 17.2 Å². The molecular formula is C28H32FN5O4. The third-order valence-electron chi connectivity index (χ3n) is 7.24. The largest absolute Gasteiger partial charge is 0.492 e. The zero-order chi connectivity index (χ0) is 27.0. The number of rotatable bonds is 8. The number of benzene rings is 2. The van der Waals surface area contributed by atoms with Gasteiger partial charge in [-0.1, -0.05) is 18.2 Å². The molecule has 1 aliphatic carbocycles. The quantitative estimate of drug-likeness (QED) is 0.339. The molecular weight excluding hydrogens is 489 g/mol. The average Bonchev–Trinajstić information content (AvgIpc) is 3.74. The Labute approximate surface area is 220 Å². The average molecular weight is 522 g/mol. The highest BCUT2D eigenvalue weighted by atomic mass is 19.1. The van der Waals surface area contributed by atoms with Crippen LogP contribution in [0.4, 0.5) is 15.8 Å². The van der Waals surface area contributed by atoms with Gasteiger partial charge in [-0.15, -0.1) is 0 Å². The highest BCUT2D eigenvalue weighted by Gasteiger charge is 2.33. The van der Waals surface area contributed by atoms with E-state index in [0.717, 1.165) is 24.2 Å². The number of nitrogens with zero attached hydrogens (tertiary/aromatic N) is 4. The zero-order valence-electron chi connectivity index (χ0n) is 21.8. The Hall–Kier alpha value is -3.92. The number of methoxy groups -OCH3 is 1. The molecule has 1 saturated carbocycles. The minimum Gasteiger partial charge on any atom is -0.492 e. The number of carboxylic acids is 1. The fourth-order valence-corrected chi connectivity index (χ4v) is 5.16. The number of pyridine rings is 1. The van der Waals surface area contributed by atoms with Gasteiger partial charge in [0.15, 0.2) is 11.6 Å². The van der Waals surface area contributed by atoms with Crippen molar-refractivity contribution in [2.24, 2.45) is 5.10 Å². The summed E-state index contributed by atoms with van der Waals surface area (Å²) in [7, 11) is 1.46. The number of ether oxygens (including phenoxy) is 1. The Morgan fingerprint density at radius 2 is 1.97 bits per heavy atom. The number of hydrogen-bond acceptors (Lipinski definition) is 7. The predicted molar refractivity (Wildman–Crippen MR) is 146 cm³/mol. The van der Waals surface area contributed by atoms with Crippen LogP contribution >= 0.6 is 0 Å². The fraction of sp³-hybridized carbons (Fsp3) is 0.393. The van der Waals surface area contributed by atoms with Crippen molar-refractivity contribution in [3.63, 3.8) is 0 Å². The maximum absolute atomic E-state index is 15.7. The third-order valence-corrected chi connectivity index (χ3v) is 7.24. The van der Waals surface area contributed by atoms with Crippen molar-refractivity contribution in [3.05, 3.63) is 64.2 Å². The highest BCUT2D eigenvalue weighted by Crippen LogP contribution is 2.44. The van der Waals surface area contributed by atoms with Crippen molar-refractivity contribution < 1.29 is 19.0 Å². The molecule has 9 nitrogen and oxygen atoms in total. The van der Waals surface area contributed by atoms with Crippen LogP contribution in [0.15, 0.2) is 52.5 Å². The van der Waals surface area contributed by atoms with Gasteiger partial charge >= 0.3 is 5.97 Å². The molecule has 0 spiro atoms. The van der Waals surface area contributed by atoms with Gasteiger partial charge in [-0.3, -0.25) is 15.1 Å². The van der Waals surface area contributed by atoms with E-state index in [1.165, 1.54) is 19.4 Å². The Bertz CT molecular complexity index is 1450. The summed E-state index contributed by atoms with van der Waals surface area (Å²) >= 11 is 0. The summed E-state index contributed by atoms with van der Waals surface area (Å²) in [5.74, 6) is -1.65. The Morgan fingerprint density at radius 3 is 2.61 bits per heavy atom. The van der Waals surface area contributed by atoms with Crippen LogP contribution in [0.25, 0.3) is 10.9 Å². The summed E-state index contributed by atoms with van der Waals surface area (Å²) < 4.78 is 23.2. The van der Waals surface area contributed by atoms with E-state index in [1.807, 2.05) is 42.2 Å². The molecule has 2 heterocycles. The molecule has 0 radical (unpaired) electrons. The zero-order valence-corrected chi connectivity index (χ0v) is 21.8. The molecule has 38 heavy (non-hydrogen) atoms. The highest BCUT2D eigenvalue weighted by molar-refractivity contribution is 5.97. The first-order valence-electron chi connectivity index (χ1n) is 12.8. The molecule has 1 atom stereocenters. The van der Waals surface area contributed by atoms with Crippen LogP contribution in [0.3, 0.4) is 0 Å². The Kier molecular flexibility index (Phi) is 7.07. The minimum absolute atomic E-state index is 0.0272. The molecule has 5 rings (SSSR count). The van der Waals surface area contributed by atoms with E-state index in [9.17, 15) is 14.7 Å². The van der Waals surface area contributed by atoms with Crippen LogP contribution < -0.4 is 20.5 Å². The van der Waals surface area contributed by atoms with Gasteiger partial charge in [0.05, 0.1) is 23.7 Å². The first-order chi connectivity index (χ1) is 18.3. The lowest BCUT2D eigenvalue weighted by atomic mass is 10.1. The van der Waals surface area contributed by atoms with Crippen LogP contribution in [0.5, 0.6) is 5.75 Å². The summed E-state index contributed by atoms with van der Waals surface area (Å²) in [4.78, 5) is 28.9. The molecule has 0 amide bonds. The lowest BCUT2D eigenvalue weighted by molar-refractivity contribution is 0.0694. The van der Waals surface area contributed by atoms with E-state index in [4.69, 9.17) is 4.74 Å². The monoisotopic (exact) mass is 521 g/mol. The maximum atomic E-state index is 15.7. The molecule has 1 aliphatic heterocycles. The van der Waals surface area contributed by atoms with Crippen LogP contribution in [-0.2, 0) is 0 Å². The number of fused-ring (bicyclic) bond motifs is 1. The number of aromatic carboxylic acids is 1. The Morgan fingerprint density at radius 1 is 1.24 bits per heavy atom. The number of nitrogens with one attached hydrogen (secondary N) is 1. The predicted octanol–water partition coefficient (Wildman–Crippen LogP) is 4.18. The van der Waals surface area contributed by atoms with Crippen LogP contribution in [0.1, 0.15) is 43.1 Å². The van der Waals surface area contributed by atoms with Crippen molar-refractivity contribution in [2.45, 2.75) is 38.8 Å². The second-order valence-electron chi connectivity index (χ2n) is 10.0. The van der Waals surface area contributed by atoms with E-state index in [1.54, 1.807) is 4.57 Å². The van der Waals surface area contributed by atoms with Crippen LogP contribution in [0.2, 0.25) is 0 Å². The van der Waals surface area contributed by atoms with Gasteiger partial charge in [-0.2, -0.15) is 5.10 Å². The van der Waals surface area contributed by atoms with Gasteiger partial charge in [0.25, 0.3) is 0 Å². The summed E-state index contributed by atoms with van der Waals surface area (Å²) in [6.45, 7) is 6.54. The van der Waals surface area contributed by atoms with Crippen molar-refractivity contribution in [3.8, 4) is 5.75 Å². The Balaban J connectivity index is 1.42. The first-order valence-corrected chi connectivity index (χ1v) is 12.8. The van der Waals surface area contributed by atoms with E-state index in [0.29, 0.717) is 37.4 Å². The lowest BCUT2D eigenvalue weighted by Crippen LogP contribution is -2.53. The van der Waals surface area contributed by atoms with Gasteiger partial charge < -0.3 is 19.3 Å². The second kappa shape index (κ2) is 10.4. The molecule has 2 fully saturated rings. The van der Waals surface area contributed by atoms with Crippen molar-refractivity contribution in [1.29, 1.82) is 0 Å². The van der Waals surface area contributed by atoms with Gasteiger partial charge in [0.1, 0.15) is 11.3 Å². The molecule has 1 saturated heterocycles. The number of halogens is 1. The number of aromatic nitrogens is 1. The molecule has 200 valence electrons. The molecule has 0 bridgehead atoms. The van der Waals surface area contributed by atoms with E-state index in [-0.39, 0.29) is 28.8 Å². The number of para-hydroxylation sites is 1. The third kappa shape index (κ3) is 4.96. The van der Waals surface area contributed by atoms with Crippen molar-refractivity contribution in [1.82, 2.24) is 9.47 Å². The van der Waals surface area contributed by atoms with Gasteiger partial charge in [0.2, 0.25) is 5.43 Å². The van der Waals surface area contributed by atoms with Crippen LogP contribution in [0, 0.1) is 5.82 Å². The first kappa shape index (κ1) is 25.7. The van der Waals surface area contributed by atoms with E-state index >= 15 is 4.39 Å². The summed E-state index contributed by atoms with van der Waals surface area (Å²) in [6, 6.07) is 11.1. The van der Waals surface area contributed by atoms with Crippen molar-refractivity contribution in [2.75, 3.05) is 43.6 Å². The number of hydrogen-bond donors (Lipinski definition) is 2. The maximum Gasteiger partial charge on any atom is 0.341 e. The van der Waals surface area contributed by atoms with E-state index in [2.05, 4.69) is 22.4 Å². The van der Waals surface area contributed by atoms with Crippen LogP contribution in [-0.4, -0.2) is 65.6 Å².